The smallest absolute Gasteiger partial charge is 0.261 e. The van der Waals surface area contributed by atoms with Crippen molar-refractivity contribution in [2.75, 3.05) is 5.32 Å². The zero-order chi connectivity index (χ0) is 16.4. The van der Waals surface area contributed by atoms with Crippen LogP contribution in [0.2, 0.25) is 0 Å². The highest BCUT2D eigenvalue weighted by atomic mass is 19.1. The molecule has 3 rings (SSSR count). The molecule has 0 atom stereocenters. The molecule has 0 spiro atoms. The number of carbonyl (C=O) groups is 1. The van der Waals surface area contributed by atoms with Crippen molar-refractivity contribution in [3.05, 3.63) is 64.7 Å². The molecule has 0 radical (unpaired) electrons. The van der Waals surface area contributed by atoms with Gasteiger partial charge < -0.3 is 5.32 Å². The molecule has 0 fully saturated rings. The van der Waals surface area contributed by atoms with E-state index in [0.717, 1.165) is 6.07 Å². The van der Waals surface area contributed by atoms with Crippen molar-refractivity contribution in [2.24, 2.45) is 0 Å². The van der Waals surface area contributed by atoms with Crippen molar-refractivity contribution < 1.29 is 9.18 Å². The average molecular weight is 312 g/mol. The van der Waals surface area contributed by atoms with Crippen LogP contribution in [-0.4, -0.2) is 20.4 Å². The van der Waals surface area contributed by atoms with E-state index in [-0.39, 0.29) is 17.8 Å². The summed E-state index contributed by atoms with van der Waals surface area (Å²) in [6.07, 6.45) is 3.09. The summed E-state index contributed by atoms with van der Waals surface area (Å²) in [6, 6.07) is 7.19. The number of nitrogens with one attached hydrogen (secondary N) is 1. The van der Waals surface area contributed by atoms with Crippen LogP contribution in [0.3, 0.4) is 0 Å². The van der Waals surface area contributed by atoms with Gasteiger partial charge >= 0.3 is 0 Å². The highest BCUT2D eigenvalue weighted by molar-refractivity contribution is 5.90. The molecule has 1 N–H and O–H groups in total. The maximum atomic E-state index is 13.3. The predicted molar refractivity (Wildman–Crippen MR) is 83.6 cm³/mol. The third-order valence-corrected chi connectivity index (χ3v) is 3.35. The summed E-state index contributed by atoms with van der Waals surface area (Å²) in [5.41, 5.74) is 0.481. The first-order valence-electron chi connectivity index (χ1n) is 6.91. The molecule has 0 aliphatic carbocycles. The van der Waals surface area contributed by atoms with E-state index < -0.39 is 11.4 Å². The lowest BCUT2D eigenvalue weighted by molar-refractivity contribution is -0.116. The zero-order valence-corrected chi connectivity index (χ0v) is 12.3. The van der Waals surface area contributed by atoms with Gasteiger partial charge in [0, 0.05) is 6.20 Å². The quantitative estimate of drug-likeness (QED) is 0.801. The van der Waals surface area contributed by atoms with Gasteiger partial charge in [0.25, 0.3) is 5.56 Å². The molecule has 7 heteroatoms. The van der Waals surface area contributed by atoms with Crippen LogP contribution in [0, 0.1) is 12.7 Å². The lowest BCUT2D eigenvalue weighted by Gasteiger charge is -2.11. The van der Waals surface area contributed by atoms with E-state index >= 15 is 0 Å². The molecule has 2 aromatic heterocycles. The van der Waals surface area contributed by atoms with E-state index in [9.17, 15) is 14.0 Å². The number of amides is 1. The molecule has 6 nitrogen and oxygen atoms in total. The fourth-order valence-corrected chi connectivity index (χ4v) is 2.27. The van der Waals surface area contributed by atoms with Crippen LogP contribution in [0.4, 0.5) is 10.1 Å². The second-order valence-corrected chi connectivity index (χ2v) is 5.00. The van der Waals surface area contributed by atoms with Gasteiger partial charge in [0.1, 0.15) is 18.2 Å². The molecule has 116 valence electrons. The Balaban J connectivity index is 1.93. The molecule has 0 aliphatic rings. The SMILES string of the molecule is Cc1nc2ccc(F)cc2c(=O)n1CC(=O)Nc1cccnc1. The number of aromatic nitrogens is 3. The second kappa shape index (κ2) is 5.96. The molecule has 0 unspecified atom stereocenters. The minimum atomic E-state index is -0.522. The number of hydrogen-bond acceptors (Lipinski definition) is 4. The molecule has 0 bridgehead atoms. The number of carbonyl (C=O) groups excluding carboxylic acids is 1. The molecule has 1 amide bonds. The van der Waals surface area contributed by atoms with E-state index in [1.54, 1.807) is 25.3 Å². The predicted octanol–water partition coefficient (Wildman–Crippen LogP) is 1.88. The van der Waals surface area contributed by atoms with Crippen molar-refractivity contribution in [1.29, 1.82) is 0 Å². The summed E-state index contributed by atoms with van der Waals surface area (Å²) in [5.74, 6) is -0.525. The lowest BCUT2D eigenvalue weighted by atomic mass is 10.2. The number of hydrogen-bond donors (Lipinski definition) is 1. The van der Waals surface area contributed by atoms with Gasteiger partial charge in [-0.25, -0.2) is 9.37 Å². The van der Waals surface area contributed by atoms with Crippen LogP contribution in [-0.2, 0) is 11.3 Å². The van der Waals surface area contributed by atoms with E-state index in [1.165, 1.54) is 22.9 Å². The van der Waals surface area contributed by atoms with Crippen LogP contribution in [0.25, 0.3) is 10.9 Å². The highest BCUT2D eigenvalue weighted by Gasteiger charge is 2.12. The topological polar surface area (TPSA) is 76.9 Å². The fourth-order valence-electron chi connectivity index (χ4n) is 2.27. The van der Waals surface area contributed by atoms with Gasteiger partial charge in [0.05, 0.1) is 22.8 Å². The first-order chi connectivity index (χ1) is 11.0. The van der Waals surface area contributed by atoms with Crippen LogP contribution < -0.4 is 10.9 Å². The summed E-state index contributed by atoms with van der Waals surface area (Å²) in [4.78, 5) is 32.7. The minimum absolute atomic E-state index is 0.143. The van der Waals surface area contributed by atoms with Crippen molar-refractivity contribution in [3.8, 4) is 0 Å². The summed E-state index contributed by atoms with van der Waals surface area (Å²) < 4.78 is 14.6. The number of pyridine rings is 1. The van der Waals surface area contributed by atoms with Crippen molar-refractivity contribution in [1.82, 2.24) is 14.5 Å². The Morgan fingerprint density at radius 3 is 2.91 bits per heavy atom. The largest absolute Gasteiger partial charge is 0.323 e. The molecular weight excluding hydrogens is 299 g/mol. The Bertz CT molecular complexity index is 938. The third-order valence-electron chi connectivity index (χ3n) is 3.35. The summed E-state index contributed by atoms with van der Waals surface area (Å²) in [5, 5.41) is 2.78. The van der Waals surface area contributed by atoms with Gasteiger partial charge in [-0.2, -0.15) is 0 Å². The number of anilines is 1. The molecule has 2 heterocycles. The summed E-state index contributed by atoms with van der Waals surface area (Å²) in [6.45, 7) is 1.42. The average Bonchev–Trinajstić information content (AvgIpc) is 2.53. The molecule has 1 aromatic carbocycles. The Hall–Kier alpha value is -3.09. The van der Waals surface area contributed by atoms with Gasteiger partial charge in [0.15, 0.2) is 0 Å². The van der Waals surface area contributed by atoms with Gasteiger partial charge in [0.2, 0.25) is 5.91 Å². The standard InChI is InChI=1S/C16H13FN4O2/c1-10-19-14-5-4-11(17)7-13(14)16(23)21(10)9-15(22)20-12-3-2-6-18-8-12/h2-8H,9H2,1H3,(H,20,22). The number of nitrogens with zero attached hydrogens (tertiary/aromatic N) is 3. The summed E-state index contributed by atoms with van der Waals surface area (Å²) >= 11 is 0. The van der Waals surface area contributed by atoms with E-state index in [0.29, 0.717) is 17.0 Å². The number of halogens is 1. The lowest BCUT2D eigenvalue weighted by Crippen LogP contribution is -2.30. The molecular formula is C16H13FN4O2. The second-order valence-electron chi connectivity index (χ2n) is 5.00. The Kier molecular flexibility index (Phi) is 3.84. The van der Waals surface area contributed by atoms with Gasteiger partial charge in [-0.1, -0.05) is 0 Å². The maximum Gasteiger partial charge on any atom is 0.261 e. The van der Waals surface area contributed by atoms with Gasteiger partial charge in [-0.15, -0.1) is 0 Å². The first-order valence-corrected chi connectivity index (χ1v) is 6.91. The van der Waals surface area contributed by atoms with Crippen molar-refractivity contribution in [2.45, 2.75) is 13.5 Å². The Morgan fingerprint density at radius 1 is 1.35 bits per heavy atom. The third kappa shape index (κ3) is 3.08. The fraction of sp³-hybridized carbons (Fsp3) is 0.125. The number of rotatable bonds is 3. The molecule has 23 heavy (non-hydrogen) atoms. The van der Waals surface area contributed by atoms with Gasteiger partial charge in [-0.05, 0) is 37.3 Å². The Morgan fingerprint density at radius 2 is 2.17 bits per heavy atom. The summed E-state index contributed by atoms with van der Waals surface area (Å²) in [7, 11) is 0. The molecule has 0 aliphatic heterocycles. The maximum absolute atomic E-state index is 13.3. The van der Waals surface area contributed by atoms with E-state index in [1.807, 2.05) is 0 Å². The van der Waals surface area contributed by atoms with Crippen LogP contribution >= 0.6 is 0 Å². The van der Waals surface area contributed by atoms with Crippen LogP contribution in [0.1, 0.15) is 5.82 Å². The van der Waals surface area contributed by atoms with Crippen molar-refractivity contribution >= 4 is 22.5 Å². The van der Waals surface area contributed by atoms with E-state index in [2.05, 4.69) is 15.3 Å². The highest BCUT2D eigenvalue weighted by Crippen LogP contribution is 2.10. The van der Waals surface area contributed by atoms with Crippen LogP contribution in [0.15, 0.2) is 47.5 Å². The number of aryl methyl sites for hydroxylation is 1. The number of benzene rings is 1. The van der Waals surface area contributed by atoms with Crippen LogP contribution in [0.5, 0.6) is 0 Å². The minimum Gasteiger partial charge on any atom is -0.323 e. The van der Waals surface area contributed by atoms with E-state index in [4.69, 9.17) is 0 Å². The zero-order valence-electron chi connectivity index (χ0n) is 12.3. The molecule has 3 aromatic rings. The monoisotopic (exact) mass is 312 g/mol. The normalized spacial score (nSPS) is 10.7. The van der Waals surface area contributed by atoms with Gasteiger partial charge in [-0.3, -0.25) is 19.1 Å². The van der Waals surface area contributed by atoms with Crippen molar-refractivity contribution in [3.63, 3.8) is 0 Å². The molecule has 0 saturated heterocycles. The molecule has 0 saturated carbocycles. The Labute approximate surface area is 130 Å². The first kappa shape index (κ1) is 14.8. The number of fused-ring (bicyclic) bond motifs is 1.